The van der Waals surface area contributed by atoms with Crippen molar-refractivity contribution in [3.05, 3.63) is 29.3 Å². The molecule has 1 aromatic carbocycles. The predicted octanol–water partition coefficient (Wildman–Crippen LogP) is 1.28. The van der Waals surface area contributed by atoms with Crippen LogP contribution in [0.15, 0.2) is 18.2 Å². The van der Waals surface area contributed by atoms with Crippen molar-refractivity contribution in [3.8, 4) is 5.75 Å². The number of phenolic OH excluding ortho intramolecular Hbond substituents is 1. The van der Waals surface area contributed by atoms with Gasteiger partial charge in [0.05, 0.1) is 5.41 Å². The molecule has 0 aromatic heterocycles. The van der Waals surface area contributed by atoms with Crippen LogP contribution in [0.2, 0.25) is 0 Å². The molecule has 2 N–H and O–H groups in total. The molecule has 1 aromatic rings. The van der Waals surface area contributed by atoms with E-state index in [0.29, 0.717) is 6.54 Å². The number of hydrogen-bond acceptors (Lipinski definition) is 3. The largest absolute Gasteiger partial charge is 0.508 e. The van der Waals surface area contributed by atoms with Crippen LogP contribution >= 0.6 is 0 Å². The molecule has 0 saturated carbocycles. The second-order valence-corrected chi connectivity index (χ2v) is 5.92. The molecular formula is C15H20N2O2. The second kappa shape index (κ2) is 4.53. The number of benzene rings is 1. The summed E-state index contributed by atoms with van der Waals surface area (Å²) < 4.78 is 0. The van der Waals surface area contributed by atoms with Gasteiger partial charge in [-0.05, 0) is 49.6 Å². The summed E-state index contributed by atoms with van der Waals surface area (Å²) in [5, 5.41) is 12.8. The fourth-order valence-electron chi connectivity index (χ4n) is 3.10. The minimum atomic E-state index is -0.256. The molecule has 0 radical (unpaired) electrons. The Kier molecular flexibility index (Phi) is 2.97. The fraction of sp³-hybridized carbons (Fsp3) is 0.533. The van der Waals surface area contributed by atoms with E-state index in [2.05, 4.69) is 5.32 Å². The molecule has 1 unspecified atom stereocenters. The van der Waals surface area contributed by atoms with Crippen LogP contribution in [0.5, 0.6) is 5.75 Å². The van der Waals surface area contributed by atoms with Crippen LogP contribution in [0, 0.1) is 5.41 Å². The van der Waals surface area contributed by atoms with Gasteiger partial charge in [0.15, 0.2) is 0 Å². The molecule has 1 atom stereocenters. The zero-order valence-corrected chi connectivity index (χ0v) is 11.3. The average Bonchev–Trinajstić information content (AvgIpc) is 2.85. The van der Waals surface area contributed by atoms with Crippen LogP contribution in [0.3, 0.4) is 0 Å². The highest BCUT2D eigenvalue weighted by atomic mass is 16.3. The van der Waals surface area contributed by atoms with Gasteiger partial charge in [-0.25, -0.2) is 0 Å². The van der Waals surface area contributed by atoms with Crippen molar-refractivity contribution in [2.24, 2.45) is 5.41 Å². The number of amides is 1. The molecule has 2 heterocycles. The third kappa shape index (κ3) is 2.21. The Morgan fingerprint density at radius 2 is 2.26 bits per heavy atom. The summed E-state index contributed by atoms with van der Waals surface area (Å²) in [4.78, 5) is 14.6. The number of aromatic hydroxyl groups is 1. The van der Waals surface area contributed by atoms with Gasteiger partial charge < -0.3 is 15.3 Å². The van der Waals surface area contributed by atoms with Crippen molar-refractivity contribution in [1.29, 1.82) is 0 Å². The Balaban J connectivity index is 1.80. The van der Waals surface area contributed by atoms with Crippen molar-refractivity contribution < 1.29 is 9.90 Å². The summed E-state index contributed by atoms with van der Waals surface area (Å²) in [6.45, 7) is 5.15. The molecule has 3 rings (SSSR count). The van der Waals surface area contributed by atoms with Crippen LogP contribution in [0.1, 0.15) is 24.5 Å². The van der Waals surface area contributed by atoms with Gasteiger partial charge in [-0.2, -0.15) is 0 Å². The van der Waals surface area contributed by atoms with Gasteiger partial charge in [-0.3, -0.25) is 4.79 Å². The van der Waals surface area contributed by atoms with Crippen molar-refractivity contribution in [2.75, 3.05) is 19.6 Å². The summed E-state index contributed by atoms with van der Waals surface area (Å²) in [6.07, 6.45) is 1.79. The summed E-state index contributed by atoms with van der Waals surface area (Å²) in [6, 6.07) is 5.47. The maximum absolute atomic E-state index is 12.6. The number of rotatable bonds is 1. The van der Waals surface area contributed by atoms with Gasteiger partial charge in [0.25, 0.3) is 0 Å². The lowest BCUT2D eigenvalue weighted by atomic mass is 9.87. The maximum Gasteiger partial charge on any atom is 0.230 e. The number of nitrogens with one attached hydrogen (secondary N) is 1. The summed E-state index contributed by atoms with van der Waals surface area (Å²) in [5.41, 5.74) is 2.07. The van der Waals surface area contributed by atoms with Gasteiger partial charge in [0.2, 0.25) is 5.91 Å². The first-order valence-electron chi connectivity index (χ1n) is 6.89. The van der Waals surface area contributed by atoms with Gasteiger partial charge in [-0.1, -0.05) is 6.07 Å². The van der Waals surface area contributed by atoms with Gasteiger partial charge in [0, 0.05) is 19.6 Å². The summed E-state index contributed by atoms with van der Waals surface area (Å²) >= 11 is 0. The molecule has 19 heavy (non-hydrogen) atoms. The van der Waals surface area contributed by atoms with Crippen LogP contribution < -0.4 is 5.32 Å². The number of hydrogen-bond donors (Lipinski definition) is 2. The topological polar surface area (TPSA) is 52.6 Å². The molecule has 1 amide bonds. The highest BCUT2D eigenvalue weighted by molar-refractivity contribution is 5.83. The van der Waals surface area contributed by atoms with Crippen molar-refractivity contribution in [3.63, 3.8) is 0 Å². The number of carbonyl (C=O) groups is 1. The third-order valence-electron chi connectivity index (χ3n) is 4.37. The molecule has 0 aliphatic carbocycles. The smallest absolute Gasteiger partial charge is 0.230 e. The van der Waals surface area contributed by atoms with E-state index in [0.717, 1.165) is 38.0 Å². The number of nitrogens with zero attached hydrogens (tertiary/aromatic N) is 1. The summed E-state index contributed by atoms with van der Waals surface area (Å²) in [7, 11) is 0. The molecule has 1 fully saturated rings. The number of carbonyl (C=O) groups excluding carboxylic acids is 1. The highest BCUT2D eigenvalue weighted by Crippen LogP contribution is 2.30. The standard InChI is InChI=1S/C15H20N2O2/c1-15(5-6-16-10-15)14(19)17-7-4-11-2-3-13(18)8-12(11)9-17/h2-3,8,16,18H,4-7,9-10H2,1H3. The van der Waals surface area contributed by atoms with E-state index in [1.54, 1.807) is 12.1 Å². The Hall–Kier alpha value is -1.55. The van der Waals surface area contributed by atoms with Crippen LogP contribution in [0.4, 0.5) is 0 Å². The van der Waals surface area contributed by atoms with Gasteiger partial charge in [0.1, 0.15) is 5.75 Å². The molecule has 0 bridgehead atoms. The van der Waals surface area contributed by atoms with E-state index >= 15 is 0 Å². The first kappa shape index (κ1) is 12.5. The lowest BCUT2D eigenvalue weighted by molar-refractivity contribution is -0.141. The zero-order valence-electron chi connectivity index (χ0n) is 11.3. The van der Waals surface area contributed by atoms with Crippen LogP contribution in [-0.4, -0.2) is 35.5 Å². The normalized spacial score (nSPS) is 26.3. The average molecular weight is 260 g/mol. The first-order chi connectivity index (χ1) is 9.08. The Labute approximate surface area is 113 Å². The minimum Gasteiger partial charge on any atom is -0.508 e. The van der Waals surface area contributed by atoms with Crippen LogP contribution in [0.25, 0.3) is 0 Å². The Bertz CT molecular complexity index is 507. The zero-order chi connectivity index (χ0) is 13.5. The number of fused-ring (bicyclic) bond motifs is 1. The quantitative estimate of drug-likeness (QED) is 0.799. The molecular weight excluding hydrogens is 240 g/mol. The first-order valence-corrected chi connectivity index (χ1v) is 6.89. The highest BCUT2D eigenvalue weighted by Gasteiger charge is 2.39. The molecule has 102 valence electrons. The van der Waals surface area contributed by atoms with Gasteiger partial charge >= 0.3 is 0 Å². The van der Waals surface area contributed by atoms with E-state index in [1.807, 2.05) is 17.9 Å². The van der Waals surface area contributed by atoms with Crippen molar-refractivity contribution in [1.82, 2.24) is 10.2 Å². The third-order valence-corrected chi connectivity index (χ3v) is 4.37. The summed E-state index contributed by atoms with van der Waals surface area (Å²) in [5.74, 6) is 0.522. The molecule has 1 saturated heterocycles. The minimum absolute atomic E-state index is 0.242. The van der Waals surface area contributed by atoms with Crippen LogP contribution in [-0.2, 0) is 17.8 Å². The van der Waals surface area contributed by atoms with E-state index in [4.69, 9.17) is 0 Å². The van der Waals surface area contributed by atoms with Crippen molar-refractivity contribution >= 4 is 5.91 Å². The lowest BCUT2D eigenvalue weighted by Gasteiger charge is -2.34. The van der Waals surface area contributed by atoms with E-state index in [1.165, 1.54) is 5.56 Å². The molecule has 4 nitrogen and oxygen atoms in total. The Morgan fingerprint density at radius 3 is 3.00 bits per heavy atom. The number of phenols is 1. The molecule has 4 heteroatoms. The second-order valence-electron chi connectivity index (χ2n) is 5.92. The van der Waals surface area contributed by atoms with E-state index in [9.17, 15) is 9.90 Å². The van der Waals surface area contributed by atoms with Gasteiger partial charge in [-0.15, -0.1) is 0 Å². The van der Waals surface area contributed by atoms with Crippen molar-refractivity contribution in [2.45, 2.75) is 26.3 Å². The molecule has 2 aliphatic rings. The molecule has 2 aliphatic heterocycles. The molecule has 0 spiro atoms. The lowest BCUT2D eigenvalue weighted by Crippen LogP contribution is -2.45. The SMILES string of the molecule is CC1(C(=O)N2CCc3ccc(O)cc3C2)CCNC1. The Morgan fingerprint density at radius 1 is 1.42 bits per heavy atom. The van der Waals surface area contributed by atoms with E-state index in [-0.39, 0.29) is 17.1 Å². The monoisotopic (exact) mass is 260 g/mol. The fourth-order valence-corrected chi connectivity index (χ4v) is 3.10. The van der Waals surface area contributed by atoms with E-state index < -0.39 is 0 Å². The maximum atomic E-state index is 12.6. The predicted molar refractivity (Wildman–Crippen MR) is 72.8 cm³/mol.